The molecule has 0 unspecified atom stereocenters. The number of hydrogen-bond donors (Lipinski definition) is 0. The van der Waals surface area contributed by atoms with Gasteiger partial charge in [-0.25, -0.2) is 9.10 Å². The Morgan fingerprint density at radius 3 is 2.67 bits per heavy atom. The molecule has 1 atom stereocenters. The van der Waals surface area contributed by atoms with Crippen molar-refractivity contribution in [2.45, 2.75) is 45.3 Å². The van der Waals surface area contributed by atoms with E-state index >= 15 is 0 Å². The van der Waals surface area contributed by atoms with Gasteiger partial charge in [-0.15, -0.1) is 0 Å². The van der Waals surface area contributed by atoms with Crippen LogP contribution in [0.1, 0.15) is 33.6 Å². The summed E-state index contributed by atoms with van der Waals surface area (Å²) in [7, 11) is 0. The van der Waals surface area contributed by atoms with Crippen molar-refractivity contribution in [1.82, 2.24) is 4.31 Å². The molecule has 2 fully saturated rings. The van der Waals surface area contributed by atoms with Crippen molar-refractivity contribution in [2.75, 3.05) is 6.61 Å². The second-order valence-corrected chi connectivity index (χ2v) is 5.85. The first-order chi connectivity index (χ1) is 6.97. The summed E-state index contributed by atoms with van der Waals surface area (Å²) < 4.78 is 12.2. The van der Waals surface area contributed by atoms with E-state index in [1.165, 1.54) is 12.8 Å². The van der Waals surface area contributed by atoms with Crippen LogP contribution in [0.3, 0.4) is 0 Å². The second-order valence-electron chi connectivity index (χ2n) is 5.07. The normalized spacial score (nSPS) is 26.9. The van der Waals surface area contributed by atoms with Gasteiger partial charge in [0.15, 0.2) is 0 Å². The maximum atomic E-state index is 11.8. The summed E-state index contributed by atoms with van der Waals surface area (Å²) >= 11 is 1.13. The third-order valence-corrected chi connectivity index (χ3v) is 3.23. The molecule has 0 aromatic carbocycles. The van der Waals surface area contributed by atoms with Crippen molar-refractivity contribution < 1.29 is 13.7 Å². The summed E-state index contributed by atoms with van der Waals surface area (Å²) in [6.45, 7) is 6.25. The lowest BCUT2D eigenvalue weighted by atomic mass is 10.2. The summed E-state index contributed by atoms with van der Waals surface area (Å²) in [5.41, 5.74) is -0.436. The van der Waals surface area contributed by atoms with E-state index < -0.39 is 5.60 Å². The standard InChI is InChI=1S/C10H17NO3S/c1-10(2,3)14-9(12)11-8(6-13-15-11)7-4-5-7/h7-8H,4-6H2,1-3H3/t8-/m0/s1. The van der Waals surface area contributed by atoms with E-state index in [0.29, 0.717) is 12.5 Å². The zero-order valence-electron chi connectivity index (χ0n) is 9.36. The van der Waals surface area contributed by atoms with E-state index in [0.717, 1.165) is 12.2 Å². The molecule has 86 valence electrons. The molecular formula is C10H17NO3S. The molecule has 2 aliphatic rings. The highest BCUT2D eigenvalue weighted by Crippen LogP contribution is 2.42. The number of rotatable bonds is 1. The maximum Gasteiger partial charge on any atom is 0.422 e. The molecule has 1 saturated heterocycles. The van der Waals surface area contributed by atoms with E-state index in [2.05, 4.69) is 0 Å². The van der Waals surface area contributed by atoms with Gasteiger partial charge < -0.3 is 4.74 Å². The Bertz CT molecular complexity index is 260. The van der Waals surface area contributed by atoms with Crippen molar-refractivity contribution in [3.8, 4) is 0 Å². The average molecular weight is 231 g/mol. The Hall–Kier alpha value is -0.420. The molecular weight excluding hydrogens is 214 g/mol. The molecule has 15 heavy (non-hydrogen) atoms. The van der Waals surface area contributed by atoms with Gasteiger partial charge >= 0.3 is 6.09 Å². The van der Waals surface area contributed by atoms with Crippen molar-refractivity contribution in [2.24, 2.45) is 5.92 Å². The first-order valence-electron chi connectivity index (χ1n) is 5.29. The van der Waals surface area contributed by atoms with Crippen LogP contribution in [0, 0.1) is 5.92 Å². The van der Waals surface area contributed by atoms with Gasteiger partial charge in [0, 0.05) is 0 Å². The van der Waals surface area contributed by atoms with Crippen LogP contribution < -0.4 is 0 Å². The zero-order chi connectivity index (χ0) is 11.1. The molecule has 1 aliphatic heterocycles. The summed E-state index contributed by atoms with van der Waals surface area (Å²) in [6, 6.07) is 0.213. The highest BCUT2D eigenvalue weighted by Gasteiger charge is 2.43. The van der Waals surface area contributed by atoms with Gasteiger partial charge in [0.2, 0.25) is 0 Å². The molecule has 5 heteroatoms. The number of carbonyl (C=O) groups is 1. The molecule has 0 N–H and O–H groups in total. The predicted molar refractivity (Wildman–Crippen MR) is 58.1 cm³/mol. The van der Waals surface area contributed by atoms with E-state index in [1.807, 2.05) is 20.8 Å². The van der Waals surface area contributed by atoms with Crippen molar-refractivity contribution in [3.05, 3.63) is 0 Å². The van der Waals surface area contributed by atoms with E-state index in [-0.39, 0.29) is 12.1 Å². The summed E-state index contributed by atoms with van der Waals surface area (Å²) in [5.74, 6) is 0.618. The SMILES string of the molecule is CC(C)(C)OC(=O)N1SOC[C@H]1C1CC1. The molecule has 0 bridgehead atoms. The fourth-order valence-corrected chi connectivity index (χ4v) is 2.32. The van der Waals surface area contributed by atoms with Crippen LogP contribution >= 0.6 is 12.2 Å². The summed E-state index contributed by atoms with van der Waals surface area (Å²) in [5, 5.41) is 0. The summed E-state index contributed by atoms with van der Waals surface area (Å²) in [6.07, 6.45) is 2.13. The molecule has 1 heterocycles. The van der Waals surface area contributed by atoms with Crippen LogP contribution in [0.15, 0.2) is 0 Å². The molecule has 0 aromatic heterocycles. The zero-order valence-corrected chi connectivity index (χ0v) is 10.2. The third kappa shape index (κ3) is 2.78. The van der Waals surface area contributed by atoms with Gasteiger partial charge in [0.05, 0.1) is 12.6 Å². The van der Waals surface area contributed by atoms with Gasteiger partial charge in [-0.05, 0) is 39.5 Å². The Morgan fingerprint density at radius 2 is 2.13 bits per heavy atom. The fraction of sp³-hybridized carbons (Fsp3) is 0.900. The number of nitrogens with zero attached hydrogens (tertiary/aromatic N) is 1. The number of amides is 1. The maximum absolute atomic E-state index is 11.8. The highest BCUT2D eigenvalue weighted by molar-refractivity contribution is 7.93. The number of hydrogen-bond acceptors (Lipinski definition) is 4. The van der Waals surface area contributed by atoms with Crippen molar-refractivity contribution in [3.63, 3.8) is 0 Å². The minimum Gasteiger partial charge on any atom is -0.443 e. The average Bonchev–Trinajstić information content (AvgIpc) is 2.80. The Morgan fingerprint density at radius 1 is 1.47 bits per heavy atom. The van der Waals surface area contributed by atoms with Gasteiger partial charge in [0.1, 0.15) is 17.8 Å². The molecule has 0 spiro atoms. The van der Waals surface area contributed by atoms with Crippen LogP contribution in [0.25, 0.3) is 0 Å². The van der Waals surface area contributed by atoms with Gasteiger partial charge in [0.25, 0.3) is 0 Å². The minimum absolute atomic E-state index is 0.213. The van der Waals surface area contributed by atoms with Crippen LogP contribution in [-0.2, 0) is 8.92 Å². The smallest absolute Gasteiger partial charge is 0.422 e. The molecule has 1 amide bonds. The lowest BCUT2D eigenvalue weighted by Crippen LogP contribution is -2.38. The third-order valence-electron chi connectivity index (χ3n) is 2.41. The first-order valence-corrected chi connectivity index (χ1v) is 5.99. The van der Waals surface area contributed by atoms with Crippen LogP contribution in [0.5, 0.6) is 0 Å². The van der Waals surface area contributed by atoms with E-state index in [9.17, 15) is 4.79 Å². The quantitative estimate of drug-likeness (QED) is 0.513. The highest BCUT2D eigenvalue weighted by atomic mass is 32.2. The molecule has 0 radical (unpaired) electrons. The van der Waals surface area contributed by atoms with Crippen LogP contribution in [0.4, 0.5) is 4.79 Å². The lowest BCUT2D eigenvalue weighted by Gasteiger charge is -2.25. The van der Waals surface area contributed by atoms with Crippen molar-refractivity contribution in [1.29, 1.82) is 0 Å². The molecule has 1 aliphatic carbocycles. The monoisotopic (exact) mass is 231 g/mol. The number of ether oxygens (including phenoxy) is 1. The second kappa shape index (κ2) is 3.87. The molecule has 0 aromatic rings. The molecule has 1 saturated carbocycles. The van der Waals surface area contributed by atoms with Gasteiger partial charge in [-0.3, -0.25) is 4.18 Å². The van der Waals surface area contributed by atoms with Gasteiger partial charge in [-0.1, -0.05) is 0 Å². The van der Waals surface area contributed by atoms with Crippen LogP contribution in [-0.4, -0.2) is 28.6 Å². The summed E-state index contributed by atoms with van der Waals surface area (Å²) in [4.78, 5) is 11.8. The first kappa shape index (κ1) is 11.1. The largest absolute Gasteiger partial charge is 0.443 e. The van der Waals surface area contributed by atoms with E-state index in [1.54, 1.807) is 4.31 Å². The number of carbonyl (C=O) groups excluding carboxylic acids is 1. The van der Waals surface area contributed by atoms with Crippen molar-refractivity contribution >= 4 is 18.3 Å². The minimum atomic E-state index is -0.436. The van der Waals surface area contributed by atoms with E-state index in [4.69, 9.17) is 8.92 Å². The van der Waals surface area contributed by atoms with Crippen LogP contribution in [0.2, 0.25) is 0 Å². The predicted octanol–water partition coefficient (Wildman–Crippen LogP) is 2.60. The fourth-order valence-electron chi connectivity index (χ4n) is 1.56. The molecule has 2 rings (SSSR count). The lowest BCUT2D eigenvalue weighted by molar-refractivity contribution is 0.0356. The molecule has 4 nitrogen and oxygen atoms in total. The van der Waals surface area contributed by atoms with Gasteiger partial charge in [-0.2, -0.15) is 0 Å². The topological polar surface area (TPSA) is 38.8 Å². The Balaban J connectivity index is 1.93. The Labute approximate surface area is 94.6 Å². The Kier molecular flexibility index (Phi) is 2.85.